The van der Waals surface area contributed by atoms with Gasteiger partial charge in [0, 0.05) is 48.9 Å². The van der Waals surface area contributed by atoms with E-state index in [0.29, 0.717) is 5.69 Å². The number of ether oxygens (including phenoxy) is 1. The number of halogens is 3. The zero-order valence-corrected chi connectivity index (χ0v) is 19.1. The Hall–Kier alpha value is -3.98. The van der Waals surface area contributed by atoms with Crippen molar-refractivity contribution in [2.24, 2.45) is 11.8 Å². The minimum absolute atomic E-state index is 0.0308. The summed E-state index contributed by atoms with van der Waals surface area (Å²) in [5.74, 6) is -3.52. The van der Waals surface area contributed by atoms with Crippen LogP contribution in [-0.2, 0) is 16.7 Å². The maximum atomic E-state index is 15.1. The van der Waals surface area contributed by atoms with Crippen LogP contribution in [0.25, 0.3) is 11.1 Å². The Morgan fingerprint density at radius 1 is 1.19 bits per heavy atom. The Morgan fingerprint density at radius 2 is 1.97 bits per heavy atom. The van der Waals surface area contributed by atoms with Gasteiger partial charge in [-0.05, 0) is 13.1 Å². The van der Waals surface area contributed by atoms with Crippen LogP contribution in [0.1, 0.15) is 5.69 Å². The summed E-state index contributed by atoms with van der Waals surface area (Å²) in [7, 11) is 1.99. The number of amides is 1. The van der Waals surface area contributed by atoms with Gasteiger partial charge in [-0.2, -0.15) is 5.26 Å². The first-order chi connectivity index (χ1) is 17.3. The van der Waals surface area contributed by atoms with Gasteiger partial charge in [-0.15, -0.1) is 5.10 Å². The molecule has 1 amide bonds. The second kappa shape index (κ2) is 8.03. The van der Waals surface area contributed by atoms with E-state index < -0.39 is 46.3 Å². The van der Waals surface area contributed by atoms with Gasteiger partial charge in [0.2, 0.25) is 0 Å². The molecule has 4 heterocycles. The topological polar surface area (TPSA) is 100 Å². The standard InChI is InChI=1S/C24H20F3N7O2/c1-32-10-15-16(11-32)24(15,12-28)19-3-2-13(7-29-19)20-17(25)6-18(21(26)22(20)27)34-9-14(36-23(34)35)8-33-5-4-30-31-33/h2-7,14-16H,8-11H2,1H3/t14-,15?,16?,24?/m0/s1. The number of carbonyl (C=O) groups is 1. The average Bonchev–Trinajstić information content (AvgIpc) is 3.34. The number of rotatable bonds is 5. The van der Waals surface area contributed by atoms with Crippen LogP contribution >= 0.6 is 0 Å². The monoisotopic (exact) mass is 495 g/mol. The van der Waals surface area contributed by atoms with Crippen LogP contribution in [0.2, 0.25) is 0 Å². The van der Waals surface area contributed by atoms with Crippen LogP contribution in [0.15, 0.2) is 36.8 Å². The van der Waals surface area contributed by atoms with E-state index in [1.54, 1.807) is 12.3 Å². The minimum atomic E-state index is -1.44. The normalized spacial score (nSPS) is 27.1. The quantitative estimate of drug-likeness (QED) is 0.502. The summed E-state index contributed by atoms with van der Waals surface area (Å²) in [4.78, 5) is 19.7. The van der Waals surface area contributed by atoms with Crippen molar-refractivity contribution in [2.75, 3.05) is 31.6 Å². The van der Waals surface area contributed by atoms with Crippen molar-refractivity contribution in [1.82, 2.24) is 24.9 Å². The number of pyridine rings is 1. The van der Waals surface area contributed by atoms with Crippen molar-refractivity contribution in [3.05, 3.63) is 59.9 Å². The number of likely N-dealkylation sites (tertiary alicyclic amines) is 1. The van der Waals surface area contributed by atoms with Crippen LogP contribution in [0, 0.1) is 40.6 Å². The highest BCUT2D eigenvalue weighted by Crippen LogP contribution is 2.62. The van der Waals surface area contributed by atoms with Gasteiger partial charge < -0.3 is 9.64 Å². The molecule has 3 aliphatic rings. The van der Waals surface area contributed by atoms with Gasteiger partial charge in [0.25, 0.3) is 0 Å². The molecule has 36 heavy (non-hydrogen) atoms. The fourth-order valence-electron chi connectivity index (χ4n) is 5.61. The highest BCUT2D eigenvalue weighted by Gasteiger charge is 2.70. The number of benzene rings is 1. The first kappa shape index (κ1) is 22.5. The third-order valence-electron chi connectivity index (χ3n) is 7.39. The largest absolute Gasteiger partial charge is 0.442 e. The molecule has 0 spiro atoms. The molecule has 3 aromatic rings. The maximum Gasteiger partial charge on any atom is 0.414 e. The molecular formula is C24H20F3N7O2. The van der Waals surface area contributed by atoms with Gasteiger partial charge in [-0.25, -0.2) is 22.6 Å². The van der Waals surface area contributed by atoms with Gasteiger partial charge in [0.15, 0.2) is 11.6 Å². The molecular weight excluding hydrogens is 475 g/mol. The van der Waals surface area contributed by atoms with E-state index in [1.165, 1.54) is 23.1 Å². The van der Waals surface area contributed by atoms with Crippen LogP contribution in [0.5, 0.6) is 0 Å². The van der Waals surface area contributed by atoms with Gasteiger partial charge in [-0.3, -0.25) is 9.88 Å². The van der Waals surface area contributed by atoms with E-state index >= 15 is 13.2 Å². The van der Waals surface area contributed by atoms with E-state index in [-0.39, 0.29) is 30.5 Å². The van der Waals surface area contributed by atoms with E-state index in [1.807, 2.05) is 7.05 Å². The molecule has 2 aromatic heterocycles. The molecule has 1 saturated carbocycles. The fraction of sp³-hybridized carbons (Fsp3) is 0.375. The Labute approximate surface area is 203 Å². The fourth-order valence-corrected chi connectivity index (χ4v) is 5.61. The number of aromatic nitrogens is 4. The molecule has 12 heteroatoms. The van der Waals surface area contributed by atoms with E-state index in [0.717, 1.165) is 24.1 Å². The van der Waals surface area contributed by atoms with E-state index in [4.69, 9.17) is 4.74 Å². The predicted molar refractivity (Wildman–Crippen MR) is 119 cm³/mol. The first-order valence-corrected chi connectivity index (χ1v) is 11.4. The summed E-state index contributed by atoms with van der Waals surface area (Å²) in [6, 6.07) is 6.18. The SMILES string of the molecule is CN1CC2C(C1)C2(C#N)c1ccc(-c2c(F)cc(N3C[C@H](Cn4ccnn4)OC3=O)c(F)c2F)cn1. The molecule has 2 aliphatic heterocycles. The Bertz CT molecular complexity index is 1380. The van der Waals surface area contributed by atoms with Gasteiger partial charge in [0.1, 0.15) is 17.3 Å². The average molecular weight is 495 g/mol. The van der Waals surface area contributed by atoms with E-state index in [2.05, 4.69) is 26.3 Å². The van der Waals surface area contributed by atoms with Gasteiger partial charge >= 0.3 is 6.09 Å². The first-order valence-electron chi connectivity index (χ1n) is 11.4. The predicted octanol–water partition coefficient (Wildman–Crippen LogP) is 2.74. The zero-order valence-electron chi connectivity index (χ0n) is 19.1. The number of hydrogen-bond donors (Lipinski definition) is 0. The molecule has 0 bridgehead atoms. The molecule has 0 N–H and O–H groups in total. The van der Waals surface area contributed by atoms with Crippen molar-refractivity contribution >= 4 is 11.8 Å². The summed E-state index contributed by atoms with van der Waals surface area (Å²) in [6.07, 6.45) is 2.66. The van der Waals surface area contributed by atoms with Crippen molar-refractivity contribution in [2.45, 2.75) is 18.1 Å². The van der Waals surface area contributed by atoms with Crippen LogP contribution in [-0.4, -0.2) is 63.8 Å². The van der Waals surface area contributed by atoms with E-state index in [9.17, 15) is 10.1 Å². The third-order valence-corrected chi connectivity index (χ3v) is 7.39. The zero-order chi connectivity index (χ0) is 25.2. The molecule has 3 fully saturated rings. The smallest absolute Gasteiger partial charge is 0.414 e. The van der Waals surface area contributed by atoms with Gasteiger partial charge in [-0.1, -0.05) is 11.3 Å². The van der Waals surface area contributed by atoms with Crippen molar-refractivity contribution in [3.8, 4) is 17.2 Å². The number of nitriles is 1. The second-order valence-electron chi connectivity index (χ2n) is 9.47. The number of piperidine rings is 1. The number of cyclic esters (lactones) is 1. The molecule has 0 radical (unpaired) electrons. The Morgan fingerprint density at radius 3 is 2.61 bits per heavy atom. The minimum Gasteiger partial charge on any atom is -0.442 e. The van der Waals surface area contributed by atoms with Crippen LogP contribution in [0.4, 0.5) is 23.7 Å². The number of carbonyl (C=O) groups excluding carboxylic acids is 1. The lowest BCUT2D eigenvalue weighted by atomic mass is 9.95. The number of hydrogen-bond acceptors (Lipinski definition) is 7. The Kier molecular flexibility index (Phi) is 5.01. The summed E-state index contributed by atoms with van der Waals surface area (Å²) < 4.78 is 52.0. The lowest BCUT2D eigenvalue weighted by molar-refractivity contribution is 0.129. The highest BCUT2D eigenvalue weighted by atomic mass is 19.2. The van der Waals surface area contributed by atoms with Crippen molar-refractivity contribution < 1.29 is 22.7 Å². The van der Waals surface area contributed by atoms with Crippen molar-refractivity contribution in [1.29, 1.82) is 5.26 Å². The number of nitrogens with zero attached hydrogens (tertiary/aromatic N) is 7. The summed E-state index contributed by atoms with van der Waals surface area (Å²) in [6.45, 7) is 1.62. The number of fused-ring (bicyclic) bond motifs is 1. The molecule has 2 unspecified atom stereocenters. The lowest BCUT2D eigenvalue weighted by Crippen LogP contribution is -2.27. The molecule has 1 aromatic carbocycles. The third kappa shape index (κ3) is 3.26. The summed E-state index contributed by atoms with van der Waals surface area (Å²) in [5, 5.41) is 17.3. The van der Waals surface area contributed by atoms with Crippen LogP contribution in [0.3, 0.4) is 0 Å². The van der Waals surface area contributed by atoms with Gasteiger partial charge in [0.05, 0.1) is 42.3 Å². The van der Waals surface area contributed by atoms with Crippen LogP contribution < -0.4 is 4.90 Å². The molecule has 184 valence electrons. The summed E-state index contributed by atoms with van der Waals surface area (Å²) >= 11 is 0. The Balaban J connectivity index is 1.26. The van der Waals surface area contributed by atoms with Crippen molar-refractivity contribution in [3.63, 3.8) is 0 Å². The molecule has 6 rings (SSSR count). The molecule has 1 aliphatic carbocycles. The maximum absolute atomic E-state index is 15.1. The molecule has 9 nitrogen and oxygen atoms in total. The number of anilines is 1. The molecule has 2 saturated heterocycles. The lowest BCUT2D eigenvalue weighted by Gasteiger charge is -2.19. The summed E-state index contributed by atoms with van der Waals surface area (Å²) in [5.41, 5.74) is -1.27. The second-order valence-corrected chi connectivity index (χ2v) is 9.47. The highest BCUT2D eigenvalue weighted by molar-refractivity contribution is 5.90. The molecule has 3 atom stereocenters.